The molecule has 0 saturated carbocycles. The fraction of sp³-hybridized carbons (Fsp3) is 0.556. The number of furan rings is 1. The summed E-state index contributed by atoms with van der Waals surface area (Å²) in [6.07, 6.45) is -3.79. The van der Waals surface area contributed by atoms with Crippen LogP contribution >= 0.6 is 0 Å². The second-order valence-electron chi connectivity index (χ2n) is 3.32. The molecular formula is C9H11F4NO. The van der Waals surface area contributed by atoms with Crippen LogP contribution in [0, 0.1) is 13.8 Å². The largest absolute Gasteiger partial charge is 0.466 e. The molecule has 0 fully saturated rings. The van der Waals surface area contributed by atoms with Crippen molar-refractivity contribution in [2.75, 3.05) is 0 Å². The number of aryl methyl sites for hydroxylation is 2. The molecule has 1 aromatic heterocycles. The first-order valence-corrected chi connectivity index (χ1v) is 4.25. The van der Waals surface area contributed by atoms with Crippen LogP contribution in [-0.4, -0.2) is 12.3 Å². The Labute approximate surface area is 84.1 Å². The molecule has 1 unspecified atom stereocenters. The minimum absolute atomic E-state index is 0.0854. The fourth-order valence-corrected chi connectivity index (χ4v) is 1.30. The van der Waals surface area contributed by atoms with E-state index in [0.717, 1.165) is 0 Å². The lowest BCUT2D eigenvalue weighted by Crippen LogP contribution is -2.39. The molecule has 0 saturated heterocycles. The Hall–Kier alpha value is -1.04. The zero-order chi connectivity index (χ0) is 11.8. The minimum atomic E-state index is -4.25. The minimum Gasteiger partial charge on any atom is -0.466 e. The Morgan fingerprint density at radius 2 is 1.87 bits per heavy atom. The van der Waals surface area contributed by atoms with Gasteiger partial charge in [0.15, 0.2) is 0 Å². The molecular weight excluding hydrogens is 214 g/mol. The van der Waals surface area contributed by atoms with Crippen molar-refractivity contribution in [2.24, 2.45) is 5.73 Å². The maximum atomic E-state index is 12.9. The predicted molar refractivity (Wildman–Crippen MR) is 46.1 cm³/mol. The highest BCUT2D eigenvalue weighted by molar-refractivity contribution is 5.25. The summed E-state index contributed by atoms with van der Waals surface area (Å²) in [5.74, 6) is -3.75. The van der Waals surface area contributed by atoms with Gasteiger partial charge in [-0.1, -0.05) is 0 Å². The number of rotatable bonds is 3. The normalized spacial score (nSPS) is 14.7. The smallest absolute Gasteiger partial charge is 0.326 e. The molecule has 0 aliphatic carbocycles. The third-order valence-electron chi connectivity index (χ3n) is 2.12. The van der Waals surface area contributed by atoms with Gasteiger partial charge >= 0.3 is 12.3 Å². The van der Waals surface area contributed by atoms with Crippen LogP contribution in [0.3, 0.4) is 0 Å². The maximum Gasteiger partial charge on any atom is 0.326 e. The molecule has 15 heavy (non-hydrogen) atoms. The summed E-state index contributed by atoms with van der Waals surface area (Å²) in [6.45, 7) is 2.94. The average Bonchev–Trinajstić information content (AvgIpc) is 2.43. The first-order valence-electron chi connectivity index (χ1n) is 4.25. The van der Waals surface area contributed by atoms with Gasteiger partial charge in [0.1, 0.15) is 17.6 Å². The molecule has 1 atom stereocenters. The molecule has 0 aromatic carbocycles. The van der Waals surface area contributed by atoms with E-state index in [-0.39, 0.29) is 11.3 Å². The molecule has 86 valence electrons. The van der Waals surface area contributed by atoms with Crippen molar-refractivity contribution in [3.63, 3.8) is 0 Å². The van der Waals surface area contributed by atoms with Gasteiger partial charge in [0, 0.05) is 5.56 Å². The Balaban J connectivity index is 3.04. The van der Waals surface area contributed by atoms with E-state index in [4.69, 9.17) is 10.2 Å². The monoisotopic (exact) mass is 225 g/mol. The number of hydrogen-bond acceptors (Lipinski definition) is 2. The highest BCUT2D eigenvalue weighted by Crippen LogP contribution is 2.36. The Morgan fingerprint density at radius 3 is 2.20 bits per heavy atom. The molecule has 0 bridgehead atoms. The van der Waals surface area contributed by atoms with Crippen LogP contribution in [0.25, 0.3) is 0 Å². The first-order chi connectivity index (χ1) is 6.76. The molecule has 0 aliphatic heterocycles. The molecule has 1 aromatic rings. The van der Waals surface area contributed by atoms with Gasteiger partial charge in [-0.05, 0) is 19.9 Å². The molecule has 0 aliphatic rings. The first kappa shape index (κ1) is 12.0. The van der Waals surface area contributed by atoms with E-state index in [2.05, 4.69) is 0 Å². The van der Waals surface area contributed by atoms with Gasteiger partial charge in [-0.15, -0.1) is 0 Å². The third kappa shape index (κ3) is 2.14. The summed E-state index contributed by atoms with van der Waals surface area (Å²) in [7, 11) is 0. The molecule has 6 heteroatoms. The van der Waals surface area contributed by atoms with Crippen LogP contribution in [0.1, 0.15) is 23.1 Å². The van der Waals surface area contributed by atoms with Gasteiger partial charge in [-0.2, -0.15) is 8.78 Å². The van der Waals surface area contributed by atoms with Crippen molar-refractivity contribution in [2.45, 2.75) is 32.2 Å². The van der Waals surface area contributed by atoms with Crippen LogP contribution < -0.4 is 5.73 Å². The number of hydrogen-bond donors (Lipinski definition) is 1. The van der Waals surface area contributed by atoms with Gasteiger partial charge in [-0.25, -0.2) is 8.78 Å². The van der Waals surface area contributed by atoms with Crippen molar-refractivity contribution in [3.05, 3.63) is 23.2 Å². The second kappa shape index (κ2) is 3.84. The lowest BCUT2D eigenvalue weighted by Gasteiger charge is -2.22. The number of alkyl halides is 4. The Bertz CT molecular complexity index is 348. The summed E-state index contributed by atoms with van der Waals surface area (Å²) in [4.78, 5) is 0. The second-order valence-corrected chi connectivity index (χ2v) is 3.32. The van der Waals surface area contributed by atoms with Gasteiger partial charge in [0.05, 0.1) is 0 Å². The zero-order valence-corrected chi connectivity index (χ0v) is 8.23. The van der Waals surface area contributed by atoms with Gasteiger partial charge in [-0.3, -0.25) is 0 Å². The maximum absolute atomic E-state index is 12.9. The van der Waals surface area contributed by atoms with E-state index in [1.54, 1.807) is 0 Å². The fourth-order valence-electron chi connectivity index (χ4n) is 1.30. The van der Waals surface area contributed by atoms with E-state index in [1.807, 2.05) is 0 Å². The van der Waals surface area contributed by atoms with Crippen molar-refractivity contribution >= 4 is 0 Å². The van der Waals surface area contributed by atoms with E-state index in [1.165, 1.54) is 19.9 Å². The standard InChI is InChI=1S/C9H11F4NO/c1-4-3-6(5(2)15-4)7(14)9(12,13)8(10)11/h3,7-8H,14H2,1-2H3. The van der Waals surface area contributed by atoms with Gasteiger partial charge in [0.25, 0.3) is 0 Å². The molecule has 2 N–H and O–H groups in total. The predicted octanol–water partition coefficient (Wildman–Crippen LogP) is 2.80. The van der Waals surface area contributed by atoms with E-state index in [0.29, 0.717) is 5.76 Å². The Morgan fingerprint density at radius 1 is 1.33 bits per heavy atom. The van der Waals surface area contributed by atoms with Crippen molar-refractivity contribution in [1.29, 1.82) is 0 Å². The van der Waals surface area contributed by atoms with E-state index in [9.17, 15) is 17.6 Å². The highest BCUT2D eigenvalue weighted by Gasteiger charge is 2.48. The van der Waals surface area contributed by atoms with Crippen molar-refractivity contribution in [3.8, 4) is 0 Å². The van der Waals surface area contributed by atoms with E-state index >= 15 is 0 Å². The van der Waals surface area contributed by atoms with Crippen molar-refractivity contribution in [1.82, 2.24) is 0 Å². The molecule has 0 amide bonds. The van der Waals surface area contributed by atoms with Gasteiger partial charge in [0.2, 0.25) is 0 Å². The number of halogens is 4. The lowest BCUT2D eigenvalue weighted by molar-refractivity contribution is -0.144. The highest BCUT2D eigenvalue weighted by atomic mass is 19.3. The summed E-state index contributed by atoms with van der Waals surface area (Å²) in [5, 5.41) is 0. The van der Waals surface area contributed by atoms with Crippen LogP contribution in [0.5, 0.6) is 0 Å². The molecule has 0 spiro atoms. The quantitative estimate of drug-likeness (QED) is 0.803. The topological polar surface area (TPSA) is 39.2 Å². The summed E-state index contributed by atoms with van der Waals surface area (Å²) >= 11 is 0. The SMILES string of the molecule is Cc1cc(C(N)C(F)(F)C(F)F)c(C)o1. The summed E-state index contributed by atoms with van der Waals surface area (Å²) in [5.41, 5.74) is 5.01. The molecule has 1 heterocycles. The lowest BCUT2D eigenvalue weighted by atomic mass is 10.0. The van der Waals surface area contributed by atoms with Crippen LogP contribution in [-0.2, 0) is 0 Å². The van der Waals surface area contributed by atoms with Crippen molar-refractivity contribution < 1.29 is 22.0 Å². The van der Waals surface area contributed by atoms with Gasteiger partial charge < -0.3 is 10.2 Å². The molecule has 0 radical (unpaired) electrons. The van der Waals surface area contributed by atoms with Crippen LogP contribution in [0.2, 0.25) is 0 Å². The van der Waals surface area contributed by atoms with Crippen LogP contribution in [0.4, 0.5) is 17.6 Å². The summed E-state index contributed by atoms with van der Waals surface area (Å²) in [6, 6.07) is -0.800. The molecule has 1 rings (SSSR count). The zero-order valence-electron chi connectivity index (χ0n) is 8.23. The van der Waals surface area contributed by atoms with Crippen LogP contribution in [0.15, 0.2) is 10.5 Å². The Kier molecular flexibility index (Phi) is 3.08. The summed E-state index contributed by atoms with van der Waals surface area (Å²) < 4.78 is 54.8. The average molecular weight is 225 g/mol. The third-order valence-corrected chi connectivity index (χ3v) is 2.12. The number of nitrogens with two attached hydrogens (primary N) is 1. The molecule has 2 nitrogen and oxygen atoms in total. The van der Waals surface area contributed by atoms with E-state index < -0.39 is 18.4 Å².